The highest BCUT2D eigenvalue weighted by Crippen LogP contribution is 2.35. The maximum absolute atomic E-state index is 12.6. The van der Waals surface area contributed by atoms with Gasteiger partial charge in [0.25, 0.3) is 0 Å². The van der Waals surface area contributed by atoms with E-state index in [0.29, 0.717) is 11.8 Å². The van der Waals surface area contributed by atoms with Crippen LogP contribution in [0.5, 0.6) is 0 Å². The first kappa shape index (κ1) is 14.3. The summed E-state index contributed by atoms with van der Waals surface area (Å²) in [5.74, 6) is 1.35. The standard InChI is InChI=1S/C16H29N3O/c1-12(2)16(6-7-17-11-16)15(20)18-9-13-5-8-19(10-13)14-3-4-14/h12-14,17H,3-11H2,1-2H3,(H,18,20). The highest BCUT2D eigenvalue weighted by Gasteiger charge is 2.44. The SMILES string of the molecule is CC(C)C1(C(=O)NCC2CCN(C3CC3)C2)CCNC1. The zero-order chi connectivity index (χ0) is 14.2. The quantitative estimate of drug-likeness (QED) is 0.795. The molecule has 3 aliphatic rings. The summed E-state index contributed by atoms with van der Waals surface area (Å²) in [6.45, 7) is 9.48. The van der Waals surface area contributed by atoms with Crippen LogP contribution < -0.4 is 10.6 Å². The minimum atomic E-state index is -0.172. The fourth-order valence-electron chi connectivity index (χ4n) is 3.87. The van der Waals surface area contributed by atoms with E-state index in [9.17, 15) is 4.79 Å². The van der Waals surface area contributed by atoms with Crippen LogP contribution in [-0.4, -0.2) is 49.6 Å². The second-order valence-corrected chi connectivity index (χ2v) is 7.33. The van der Waals surface area contributed by atoms with Gasteiger partial charge in [-0.1, -0.05) is 13.8 Å². The number of rotatable bonds is 5. The molecule has 1 saturated carbocycles. The third-order valence-corrected chi connectivity index (χ3v) is 5.68. The highest BCUT2D eigenvalue weighted by molar-refractivity contribution is 5.83. The predicted molar refractivity (Wildman–Crippen MR) is 80.5 cm³/mol. The van der Waals surface area contributed by atoms with E-state index in [4.69, 9.17) is 0 Å². The van der Waals surface area contributed by atoms with Gasteiger partial charge in [-0.3, -0.25) is 4.79 Å². The molecule has 1 aliphatic carbocycles. The summed E-state index contributed by atoms with van der Waals surface area (Å²) in [5, 5.41) is 6.63. The number of hydrogen-bond donors (Lipinski definition) is 2. The fourth-order valence-corrected chi connectivity index (χ4v) is 3.87. The molecule has 4 nitrogen and oxygen atoms in total. The Kier molecular flexibility index (Phi) is 4.04. The van der Waals surface area contributed by atoms with Gasteiger partial charge in [-0.05, 0) is 50.6 Å². The molecule has 4 heteroatoms. The van der Waals surface area contributed by atoms with Crippen molar-refractivity contribution in [1.82, 2.24) is 15.5 Å². The van der Waals surface area contributed by atoms with Gasteiger partial charge < -0.3 is 15.5 Å². The van der Waals surface area contributed by atoms with E-state index in [1.165, 1.54) is 32.4 Å². The van der Waals surface area contributed by atoms with Gasteiger partial charge in [-0.15, -0.1) is 0 Å². The Labute approximate surface area is 122 Å². The molecule has 3 fully saturated rings. The Balaban J connectivity index is 1.49. The smallest absolute Gasteiger partial charge is 0.227 e. The molecule has 0 aromatic carbocycles. The van der Waals surface area contributed by atoms with Crippen LogP contribution in [0.15, 0.2) is 0 Å². The molecule has 2 heterocycles. The van der Waals surface area contributed by atoms with Crippen LogP contribution in [0.3, 0.4) is 0 Å². The van der Waals surface area contributed by atoms with Crippen molar-refractivity contribution in [1.29, 1.82) is 0 Å². The second-order valence-electron chi connectivity index (χ2n) is 7.33. The zero-order valence-electron chi connectivity index (χ0n) is 13.0. The lowest BCUT2D eigenvalue weighted by Crippen LogP contribution is -2.47. The predicted octanol–water partition coefficient (Wildman–Crippen LogP) is 1.22. The number of carbonyl (C=O) groups is 1. The Morgan fingerprint density at radius 1 is 1.40 bits per heavy atom. The zero-order valence-corrected chi connectivity index (χ0v) is 13.0. The van der Waals surface area contributed by atoms with Gasteiger partial charge in [-0.2, -0.15) is 0 Å². The van der Waals surface area contributed by atoms with E-state index >= 15 is 0 Å². The van der Waals surface area contributed by atoms with Crippen molar-refractivity contribution < 1.29 is 4.79 Å². The minimum absolute atomic E-state index is 0.172. The summed E-state index contributed by atoms with van der Waals surface area (Å²) in [6, 6.07) is 0.872. The number of amides is 1. The molecule has 0 spiro atoms. The average Bonchev–Trinajstić information content (AvgIpc) is 2.98. The number of nitrogens with one attached hydrogen (secondary N) is 2. The van der Waals surface area contributed by atoms with E-state index in [-0.39, 0.29) is 11.3 Å². The van der Waals surface area contributed by atoms with Crippen LogP contribution in [-0.2, 0) is 4.79 Å². The molecule has 2 aliphatic heterocycles. The van der Waals surface area contributed by atoms with Gasteiger partial charge in [0.15, 0.2) is 0 Å². The molecule has 3 rings (SSSR count). The molecule has 2 unspecified atom stereocenters. The molecular formula is C16H29N3O. The monoisotopic (exact) mass is 279 g/mol. The Morgan fingerprint density at radius 3 is 2.80 bits per heavy atom. The molecule has 2 atom stereocenters. The summed E-state index contributed by atoms with van der Waals surface area (Å²) in [5.41, 5.74) is -0.172. The largest absolute Gasteiger partial charge is 0.355 e. The van der Waals surface area contributed by atoms with Gasteiger partial charge >= 0.3 is 0 Å². The van der Waals surface area contributed by atoms with Gasteiger partial charge in [0, 0.05) is 25.7 Å². The number of hydrogen-bond acceptors (Lipinski definition) is 3. The summed E-state index contributed by atoms with van der Waals surface area (Å²) < 4.78 is 0. The van der Waals surface area contributed by atoms with Crippen molar-refractivity contribution >= 4 is 5.91 Å². The average molecular weight is 279 g/mol. The van der Waals surface area contributed by atoms with Crippen LogP contribution in [0.4, 0.5) is 0 Å². The number of nitrogens with zero attached hydrogens (tertiary/aromatic N) is 1. The molecule has 2 saturated heterocycles. The maximum Gasteiger partial charge on any atom is 0.227 e. The first-order valence-corrected chi connectivity index (χ1v) is 8.35. The molecule has 0 bridgehead atoms. The van der Waals surface area contributed by atoms with E-state index in [1.54, 1.807) is 0 Å². The molecule has 0 aromatic rings. The summed E-state index contributed by atoms with van der Waals surface area (Å²) in [6.07, 6.45) is 5.02. The van der Waals surface area contributed by atoms with Crippen molar-refractivity contribution in [3.63, 3.8) is 0 Å². The molecular weight excluding hydrogens is 250 g/mol. The van der Waals surface area contributed by atoms with Gasteiger partial charge in [0.1, 0.15) is 0 Å². The lowest BCUT2D eigenvalue weighted by atomic mass is 9.75. The van der Waals surface area contributed by atoms with E-state index in [2.05, 4.69) is 29.4 Å². The highest BCUT2D eigenvalue weighted by atomic mass is 16.2. The maximum atomic E-state index is 12.6. The number of likely N-dealkylation sites (tertiary alicyclic amines) is 1. The molecule has 0 radical (unpaired) electrons. The van der Waals surface area contributed by atoms with Crippen molar-refractivity contribution in [3.05, 3.63) is 0 Å². The Hall–Kier alpha value is -0.610. The van der Waals surface area contributed by atoms with Crippen molar-refractivity contribution in [2.75, 3.05) is 32.7 Å². The second kappa shape index (κ2) is 5.64. The van der Waals surface area contributed by atoms with E-state index in [1.807, 2.05) is 0 Å². The minimum Gasteiger partial charge on any atom is -0.355 e. The van der Waals surface area contributed by atoms with Crippen LogP contribution in [0.2, 0.25) is 0 Å². The fraction of sp³-hybridized carbons (Fsp3) is 0.938. The topological polar surface area (TPSA) is 44.4 Å². The van der Waals surface area contributed by atoms with Crippen LogP contribution in [0.25, 0.3) is 0 Å². The third kappa shape index (κ3) is 2.73. The van der Waals surface area contributed by atoms with Crippen molar-refractivity contribution in [2.45, 2.75) is 45.6 Å². The van der Waals surface area contributed by atoms with E-state index in [0.717, 1.165) is 32.1 Å². The Morgan fingerprint density at radius 2 is 2.20 bits per heavy atom. The lowest BCUT2D eigenvalue weighted by Gasteiger charge is -2.31. The van der Waals surface area contributed by atoms with Gasteiger partial charge in [0.2, 0.25) is 5.91 Å². The van der Waals surface area contributed by atoms with Crippen molar-refractivity contribution in [3.8, 4) is 0 Å². The first-order chi connectivity index (χ1) is 9.62. The summed E-state index contributed by atoms with van der Waals surface area (Å²) >= 11 is 0. The molecule has 0 aromatic heterocycles. The summed E-state index contributed by atoms with van der Waals surface area (Å²) in [7, 11) is 0. The number of carbonyl (C=O) groups excluding carboxylic acids is 1. The molecule has 114 valence electrons. The lowest BCUT2D eigenvalue weighted by molar-refractivity contribution is -0.132. The van der Waals surface area contributed by atoms with Crippen molar-refractivity contribution in [2.24, 2.45) is 17.3 Å². The first-order valence-electron chi connectivity index (χ1n) is 8.35. The van der Waals surface area contributed by atoms with Crippen LogP contribution in [0, 0.1) is 17.3 Å². The molecule has 1 amide bonds. The van der Waals surface area contributed by atoms with Gasteiger partial charge in [0.05, 0.1) is 5.41 Å². The van der Waals surface area contributed by atoms with E-state index < -0.39 is 0 Å². The third-order valence-electron chi connectivity index (χ3n) is 5.68. The molecule has 2 N–H and O–H groups in total. The normalized spacial score (nSPS) is 34.9. The van der Waals surface area contributed by atoms with Crippen LogP contribution >= 0.6 is 0 Å². The summed E-state index contributed by atoms with van der Waals surface area (Å²) in [4.78, 5) is 15.2. The molecule has 20 heavy (non-hydrogen) atoms. The Bertz CT molecular complexity index is 359. The van der Waals surface area contributed by atoms with Crippen LogP contribution in [0.1, 0.15) is 39.5 Å². The van der Waals surface area contributed by atoms with Gasteiger partial charge in [-0.25, -0.2) is 0 Å².